The standard InChI is InChI=1S/C13H4BrF6N3/c14-12-21-11-7(6-1-2-8(15)10(17)9(6)16)3-5(13(18,19)20)4-23(11)22-12/h1-4H. The maximum absolute atomic E-state index is 13.9. The zero-order chi connectivity index (χ0) is 16.9. The van der Waals surface area contributed by atoms with E-state index in [0.29, 0.717) is 18.3 Å². The van der Waals surface area contributed by atoms with Gasteiger partial charge in [0.2, 0.25) is 4.73 Å². The van der Waals surface area contributed by atoms with Crippen LogP contribution in [0.25, 0.3) is 16.8 Å². The summed E-state index contributed by atoms with van der Waals surface area (Å²) < 4.78 is 80.0. The van der Waals surface area contributed by atoms with E-state index in [0.717, 1.165) is 10.6 Å². The van der Waals surface area contributed by atoms with Crippen LogP contribution in [0, 0.1) is 17.5 Å². The monoisotopic (exact) mass is 395 g/mol. The molecule has 0 spiro atoms. The van der Waals surface area contributed by atoms with Crippen LogP contribution < -0.4 is 0 Å². The third-order valence-electron chi connectivity index (χ3n) is 3.06. The van der Waals surface area contributed by atoms with Gasteiger partial charge in [-0.3, -0.25) is 0 Å². The summed E-state index contributed by atoms with van der Waals surface area (Å²) in [7, 11) is 0. The van der Waals surface area contributed by atoms with E-state index in [-0.39, 0.29) is 15.9 Å². The maximum Gasteiger partial charge on any atom is 0.417 e. The number of pyridine rings is 1. The van der Waals surface area contributed by atoms with Gasteiger partial charge >= 0.3 is 6.18 Å². The second-order valence-electron chi connectivity index (χ2n) is 4.51. The van der Waals surface area contributed by atoms with Crippen molar-refractivity contribution >= 4 is 21.6 Å². The number of rotatable bonds is 1. The number of halogens is 7. The van der Waals surface area contributed by atoms with Crippen LogP contribution >= 0.6 is 15.9 Å². The van der Waals surface area contributed by atoms with Gasteiger partial charge in [-0.15, -0.1) is 5.10 Å². The fraction of sp³-hybridized carbons (Fsp3) is 0.0769. The van der Waals surface area contributed by atoms with Crippen LogP contribution in [0.2, 0.25) is 0 Å². The molecule has 10 heteroatoms. The number of benzene rings is 1. The first-order valence-corrected chi connectivity index (χ1v) is 6.75. The van der Waals surface area contributed by atoms with Crippen molar-refractivity contribution in [1.82, 2.24) is 14.6 Å². The van der Waals surface area contributed by atoms with E-state index in [4.69, 9.17) is 0 Å². The Kier molecular flexibility index (Phi) is 3.58. The third-order valence-corrected chi connectivity index (χ3v) is 3.40. The molecule has 0 saturated carbocycles. The average Bonchev–Trinajstić information content (AvgIpc) is 2.83. The summed E-state index contributed by atoms with van der Waals surface area (Å²) >= 11 is 2.90. The molecule has 0 bridgehead atoms. The zero-order valence-corrected chi connectivity index (χ0v) is 12.4. The van der Waals surface area contributed by atoms with E-state index in [2.05, 4.69) is 26.0 Å². The third kappa shape index (κ3) is 2.67. The smallest absolute Gasteiger partial charge is 0.219 e. The van der Waals surface area contributed by atoms with Crippen LogP contribution in [0.15, 0.2) is 29.1 Å². The second kappa shape index (κ2) is 5.22. The highest BCUT2D eigenvalue weighted by molar-refractivity contribution is 9.10. The van der Waals surface area contributed by atoms with E-state index in [1.54, 1.807) is 0 Å². The minimum Gasteiger partial charge on any atom is -0.219 e. The summed E-state index contributed by atoms with van der Waals surface area (Å²) in [5, 5.41) is 3.68. The van der Waals surface area contributed by atoms with E-state index < -0.39 is 34.8 Å². The topological polar surface area (TPSA) is 30.2 Å². The van der Waals surface area contributed by atoms with Crippen molar-refractivity contribution in [1.29, 1.82) is 0 Å². The predicted octanol–water partition coefficient (Wildman–Crippen LogP) is 4.59. The number of hydrogen-bond donors (Lipinski definition) is 0. The van der Waals surface area contributed by atoms with Gasteiger partial charge in [-0.2, -0.15) is 13.2 Å². The molecule has 3 nitrogen and oxygen atoms in total. The fourth-order valence-electron chi connectivity index (χ4n) is 2.05. The fourth-order valence-corrected chi connectivity index (χ4v) is 2.39. The van der Waals surface area contributed by atoms with Gasteiger partial charge in [0.1, 0.15) is 0 Å². The Hall–Kier alpha value is -2.10. The zero-order valence-electron chi connectivity index (χ0n) is 10.8. The van der Waals surface area contributed by atoms with Gasteiger partial charge in [-0.05, 0) is 34.1 Å². The lowest BCUT2D eigenvalue weighted by Crippen LogP contribution is -2.08. The number of aromatic nitrogens is 3. The van der Waals surface area contributed by atoms with Gasteiger partial charge in [-0.25, -0.2) is 22.7 Å². The molecule has 0 aliphatic carbocycles. The van der Waals surface area contributed by atoms with Crippen molar-refractivity contribution in [3.05, 3.63) is 52.1 Å². The second-order valence-corrected chi connectivity index (χ2v) is 5.22. The summed E-state index contributed by atoms with van der Waals surface area (Å²) in [6, 6.07) is 2.06. The summed E-state index contributed by atoms with van der Waals surface area (Å²) in [4.78, 5) is 3.82. The molecule has 2 heterocycles. The van der Waals surface area contributed by atoms with Crippen molar-refractivity contribution < 1.29 is 26.3 Å². The lowest BCUT2D eigenvalue weighted by atomic mass is 10.0. The van der Waals surface area contributed by atoms with Crippen LogP contribution in [-0.4, -0.2) is 14.6 Å². The quantitative estimate of drug-likeness (QED) is 0.445. The van der Waals surface area contributed by atoms with Gasteiger partial charge in [0.15, 0.2) is 23.1 Å². The van der Waals surface area contributed by atoms with Gasteiger partial charge < -0.3 is 0 Å². The SMILES string of the molecule is Fc1ccc(-c2cc(C(F)(F)F)cn3nc(Br)nc23)c(F)c1F. The van der Waals surface area contributed by atoms with Crippen molar-refractivity contribution in [2.75, 3.05) is 0 Å². The van der Waals surface area contributed by atoms with Crippen LogP contribution in [0.1, 0.15) is 5.56 Å². The minimum absolute atomic E-state index is 0.0407. The molecular weight excluding hydrogens is 392 g/mol. The Morgan fingerprint density at radius 2 is 1.70 bits per heavy atom. The van der Waals surface area contributed by atoms with Crippen LogP contribution in [0.5, 0.6) is 0 Å². The molecular formula is C13H4BrF6N3. The summed E-state index contributed by atoms with van der Waals surface area (Å²) in [5.74, 6) is -4.83. The summed E-state index contributed by atoms with van der Waals surface area (Å²) in [6.45, 7) is 0. The van der Waals surface area contributed by atoms with Gasteiger partial charge in [0, 0.05) is 17.3 Å². The molecule has 3 aromatic rings. The lowest BCUT2D eigenvalue weighted by Gasteiger charge is -2.11. The van der Waals surface area contributed by atoms with Crippen LogP contribution in [0.4, 0.5) is 26.3 Å². The molecule has 0 fully saturated rings. The first-order chi connectivity index (χ1) is 10.7. The van der Waals surface area contributed by atoms with Crippen molar-refractivity contribution in [3.8, 4) is 11.1 Å². The van der Waals surface area contributed by atoms with E-state index >= 15 is 0 Å². The van der Waals surface area contributed by atoms with Crippen LogP contribution in [-0.2, 0) is 6.18 Å². The minimum atomic E-state index is -4.74. The Morgan fingerprint density at radius 3 is 2.35 bits per heavy atom. The van der Waals surface area contributed by atoms with Crippen molar-refractivity contribution in [2.24, 2.45) is 0 Å². The first kappa shape index (κ1) is 15.8. The van der Waals surface area contributed by atoms with Crippen molar-refractivity contribution in [3.63, 3.8) is 0 Å². The number of fused-ring (bicyclic) bond motifs is 1. The molecule has 0 N–H and O–H groups in total. The predicted molar refractivity (Wildman–Crippen MR) is 71.0 cm³/mol. The highest BCUT2D eigenvalue weighted by Crippen LogP contribution is 2.35. The number of alkyl halides is 3. The Bertz CT molecular complexity index is 918. The molecule has 0 aliphatic heterocycles. The molecule has 3 rings (SSSR count). The summed E-state index contributed by atoms with van der Waals surface area (Å²) in [6.07, 6.45) is -4.08. The summed E-state index contributed by atoms with van der Waals surface area (Å²) in [5.41, 5.74) is -2.20. The lowest BCUT2D eigenvalue weighted by molar-refractivity contribution is -0.137. The normalized spacial score (nSPS) is 12.1. The maximum atomic E-state index is 13.9. The molecule has 1 aromatic carbocycles. The number of nitrogens with zero attached hydrogens (tertiary/aromatic N) is 3. The molecule has 0 amide bonds. The molecule has 0 atom stereocenters. The highest BCUT2D eigenvalue weighted by atomic mass is 79.9. The molecule has 0 aliphatic rings. The molecule has 0 unspecified atom stereocenters. The van der Waals surface area contributed by atoms with Crippen LogP contribution in [0.3, 0.4) is 0 Å². The number of hydrogen-bond acceptors (Lipinski definition) is 2. The first-order valence-electron chi connectivity index (χ1n) is 5.95. The largest absolute Gasteiger partial charge is 0.417 e. The van der Waals surface area contributed by atoms with Crippen molar-refractivity contribution in [2.45, 2.75) is 6.18 Å². The van der Waals surface area contributed by atoms with Gasteiger partial charge in [0.05, 0.1) is 5.56 Å². The van der Waals surface area contributed by atoms with Gasteiger partial charge in [-0.1, -0.05) is 0 Å². The highest BCUT2D eigenvalue weighted by Gasteiger charge is 2.33. The average molecular weight is 396 g/mol. The van der Waals surface area contributed by atoms with E-state index in [1.807, 2.05) is 0 Å². The molecule has 23 heavy (non-hydrogen) atoms. The molecule has 0 saturated heterocycles. The molecule has 120 valence electrons. The Balaban J connectivity index is 2.38. The Labute approximate surface area is 132 Å². The Morgan fingerprint density at radius 1 is 1.00 bits per heavy atom. The molecule has 2 aromatic heterocycles. The van der Waals surface area contributed by atoms with Gasteiger partial charge in [0.25, 0.3) is 0 Å². The molecule has 0 radical (unpaired) electrons. The van der Waals surface area contributed by atoms with E-state index in [9.17, 15) is 26.3 Å². The van der Waals surface area contributed by atoms with E-state index in [1.165, 1.54) is 0 Å².